The average molecular weight is 214 g/mol. The SMILES string of the molecule is CCOC(=O)C1=CON(CCC(C)C)N1. The highest BCUT2D eigenvalue weighted by Gasteiger charge is 2.21. The first kappa shape index (κ1) is 11.8. The lowest BCUT2D eigenvalue weighted by molar-refractivity contribution is -0.141. The average Bonchev–Trinajstić information content (AvgIpc) is 2.63. The van der Waals surface area contributed by atoms with Gasteiger partial charge in [-0.05, 0) is 19.3 Å². The molecule has 1 rings (SSSR count). The zero-order chi connectivity index (χ0) is 11.3. The molecule has 0 atom stereocenters. The summed E-state index contributed by atoms with van der Waals surface area (Å²) in [7, 11) is 0. The van der Waals surface area contributed by atoms with Gasteiger partial charge in [0.15, 0.2) is 5.70 Å². The van der Waals surface area contributed by atoms with Gasteiger partial charge >= 0.3 is 5.97 Å². The summed E-state index contributed by atoms with van der Waals surface area (Å²) in [6.07, 6.45) is 2.37. The van der Waals surface area contributed by atoms with Crippen LogP contribution in [0.2, 0.25) is 0 Å². The van der Waals surface area contributed by atoms with Gasteiger partial charge in [-0.1, -0.05) is 19.0 Å². The molecule has 1 N–H and O–H groups in total. The second-order valence-corrected chi connectivity index (χ2v) is 3.75. The molecule has 0 saturated heterocycles. The monoisotopic (exact) mass is 214 g/mol. The normalized spacial score (nSPS) is 15.9. The van der Waals surface area contributed by atoms with Gasteiger partial charge in [-0.2, -0.15) is 0 Å². The van der Waals surface area contributed by atoms with Gasteiger partial charge in [-0.25, -0.2) is 4.79 Å². The highest BCUT2D eigenvalue weighted by molar-refractivity contribution is 5.87. The summed E-state index contributed by atoms with van der Waals surface area (Å²) in [5.41, 5.74) is 3.18. The summed E-state index contributed by atoms with van der Waals surface area (Å²) in [5.74, 6) is 0.214. The molecule has 0 fully saturated rings. The van der Waals surface area contributed by atoms with Crippen molar-refractivity contribution in [2.24, 2.45) is 5.92 Å². The topological polar surface area (TPSA) is 50.8 Å². The predicted octanol–water partition coefficient (Wildman–Crippen LogP) is 1.19. The van der Waals surface area contributed by atoms with Crippen LogP contribution in [0.5, 0.6) is 0 Å². The van der Waals surface area contributed by atoms with Gasteiger partial charge in [0.1, 0.15) is 6.26 Å². The van der Waals surface area contributed by atoms with E-state index in [4.69, 9.17) is 9.57 Å². The second kappa shape index (κ2) is 5.60. The lowest BCUT2D eigenvalue weighted by Crippen LogP contribution is -2.34. The summed E-state index contributed by atoms with van der Waals surface area (Å²) in [5, 5.41) is 1.53. The van der Waals surface area contributed by atoms with Crippen LogP contribution in [0, 0.1) is 5.92 Å². The van der Waals surface area contributed by atoms with Gasteiger partial charge in [0, 0.05) is 0 Å². The van der Waals surface area contributed by atoms with Crippen molar-refractivity contribution in [1.82, 2.24) is 10.6 Å². The van der Waals surface area contributed by atoms with Gasteiger partial charge in [-0.15, -0.1) is 0 Å². The van der Waals surface area contributed by atoms with Crippen LogP contribution in [0.15, 0.2) is 12.0 Å². The summed E-state index contributed by atoms with van der Waals surface area (Å²) >= 11 is 0. The number of hydrogen-bond acceptors (Lipinski definition) is 5. The molecule has 0 bridgehead atoms. The maximum absolute atomic E-state index is 11.3. The number of nitrogens with zero attached hydrogens (tertiary/aromatic N) is 1. The first-order chi connectivity index (χ1) is 7.13. The quantitative estimate of drug-likeness (QED) is 0.697. The predicted molar refractivity (Wildman–Crippen MR) is 55.1 cm³/mol. The Kier molecular flexibility index (Phi) is 4.42. The van der Waals surface area contributed by atoms with Crippen molar-refractivity contribution in [3.05, 3.63) is 12.0 Å². The van der Waals surface area contributed by atoms with Gasteiger partial charge in [0.2, 0.25) is 0 Å². The van der Waals surface area contributed by atoms with Crippen LogP contribution < -0.4 is 5.43 Å². The van der Waals surface area contributed by atoms with Gasteiger partial charge in [0.05, 0.1) is 13.2 Å². The van der Waals surface area contributed by atoms with Crippen LogP contribution in [0.25, 0.3) is 0 Å². The molecular formula is C10H18N2O3. The van der Waals surface area contributed by atoms with Crippen LogP contribution in [-0.4, -0.2) is 24.3 Å². The number of ether oxygens (including phenoxy) is 1. The van der Waals surface area contributed by atoms with Crippen LogP contribution in [0.1, 0.15) is 27.2 Å². The van der Waals surface area contributed by atoms with E-state index in [1.807, 2.05) is 0 Å². The Balaban J connectivity index is 2.27. The van der Waals surface area contributed by atoms with Gasteiger partial charge in [-0.3, -0.25) is 5.43 Å². The number of nitrogens with one attached hydrogen (secondary N) is 1. The number of hydrogen-bond donors (Lipinski definition) is 1. The Hall–Kier alpha value is -1.23. The molecule has 1 aliphatic rings. The van der Waals surface area contributed by atoms with E-state index in [0.29, 0.717) is 18.2 Å². The minimum absolute atomic E-state index is 0.348. The molecule has 1 aliphatic heterocycles. The van der Waals surface area contributed by atoms with E-state index in [2.05, 4.69) is 19.3 Å². The zero-order valence-electron chi connectivity index (χ0n) is 9.45. The third kappa shape index (κ3) is 3.79. The van der Waals surface area contributed by atoms with Crippen molar-refractivity contribution in [3.8, 4) is 0 Å². The van der Waals surface area contributed by atoms with E-state index in [0.717, 1.165) is 13.0 Å². The molecule has 0 aromatic heterocycles. The molecule has 1 heterocycles. The number of carbonyl (C=O) groups excluding carboxylic acids is 1. The van der Waals surface area contributed by atoms with Crippen molar-refractivity contribution in [1.29, 1.82) is 0 Å². The maximum Gasteiger partial charge on any atom is 0.359 e. The van der Waals surface area contributed by atoms with Crippen molar-refractivity contribution in [3.63, 3.8) is 0 Å². The number of hydroxylamine groups is 1. The smallest absolute Gasteiger partial charge is 0.359 e. The van der Waals surface area contributed by atoms with Crippen molar-refractivity contribution < 1.29 is 14.4 Å². The van der Waals surface area contributed by atoms with Gasteiger partial charge < -0.3 is 9.57 Å². The highest BCUT2D eigenvalue weighted by atomic mass is 16.7. The van der Waals surface area contributed by atoms with E-state index >= 15 is 0 Å². The van der Waals surface area contributed by atoms with Crippen LogP contribution >= 0.6 is 0 Å². The molecule has 0 aromatic carbocycles. The minimum atomic E-state index is -0.385. The second-order valence-electron chi connectivity index (χ2n) is 3.75. The number of esters is 1. The van der Waals surface area contributed by atoms with Crippen LogP contribution in [-0.2, 0) is 14.4 Å². The standard InChI is InChI=1S/C10H18N2O3/c1-4-14-10(13)9-7-15-12(11-9)6-5-8(2)3/h7-8,11H,4-6H2,1-3H3. The van der Waals surface area contributed by atoms with E-state index in [1.165, 1.54) is 11.4 Å². The summed E-state index contributed by atoms with van der Waals surface area (Å²) in [4.78, 5) is 16.4. The Morgan fingerprint density at radius 3 is 3.00 bits per heavy atom. The molecule has 86 valence electrons. The maximum atomic E-state index is 11.3. The van der Waals surface area contributed by atoms with Crippen molar-refractivity contribution >= 4 is 5.97 Å². The zero-order valence-corrected chi connectivity index (χ0v) is 9.45. The first-order valence-corrected chi connectivity index (χ1v) is 5.21. The number of hydrazine groups is 1. The first-order valence-electron chi connectivity index (χ1n) is 5.21. The van der Waals surface area contributed by atoms with E-state index in [-0.39, 0.29) is 5.97 Å². The number of carbonyl (C=O) groups is 1. The molecular weight excluding hydrogens is 196 g/mol. The summed E-state index contributed by atoms with van der Waals surface area (Å²) in [6, 6.07) is 0. The fourth-order valence-electron chi connectivity index (χ4n) is 1.09. The van der Waals surface area contributed by atoms with Crippen LogP contribution in [0.3, 0.4) is 0 Å². The van der Waals surface area contributed by atoms with E-state index in [1.54, 1.807) is 6.92 Å². The third-order valence-corrected chi connectivity index (χ3v) is 1.95. The third-order valence-electron chi connectivity index (χ3n) is 1.95. The molecule has 0 aliphatic carbocycles. The Bertz CT molecular complexity index is 251. The van der Waals surface area contributed by atoms with Crippen LogP contribution in [0.4, 0.5) is 0 Å². The van der Waals surface area contributed by atoms with Crippen molar-refractivity contribution in [2.75, 3.05) is 13.2 Å². The Labute approximate surface area is 90.0 Å². The summed E-state index contributed by atoms with van der Waals surface area (Å²) in [6.45, 7) is 7.14. The molecule has 0 amide bonds. The Morgan fingerprint density at radius 2 is 2.40 bits per heavy atom. The highest BCUT2D eigenvalue weighted by Crippen LogP contribution is 2.09. The lowest BCUT2D eigenvalue weighted by Gasteiger charge is -2.16. The molecule has 0 saturated carbocycles. The fraction of sp³-hybridized carbons (Fsp3) is 0.700. The Morgan fingerprint density at radius 1 is 1.67 bits per heavy atom. The summed E-state index contributed by atoms with van der Waals surface area (Å²) < 4.78 is 4.82. The largest absolute Gasteiger partial charge is 0.461 e. The van der Waals surface area contributed by atoms with Crippen molar-refractivity contribution in [2.45, 2.75) is 27.2 Å². The van der Waals surface area contributed by atoms with Gasteiger partial charge in [0.25, 0.3) is 0 Å². The lowest BCUT2D eigenvalue weighted by atomic mass is 10.1. The molecule has 0 aromatic rings. The minimum Gasteiger partial charge on any atom is -0.461 e. The molecule has 15 heavy (non-hydrogen) atoms. The molecule has 0 spiro atoms. The molecule has 5 nitrogen and oxygen atoms in total. The molecule has 5 heteroatoms. The molecule has 0 radical (unpaired) electrons. The van der Waals surface area contributed by atoms with E-state index < -0.39 is 0 Å². The number of rotatable bonds is 5. The fourth-order valence-corrected chi connectivity index (χ4v) is 1.09. The van der Waals surface area contributed by atoms with E-state index in [9.17, 15) is 4.79 Å². The molecule has 0 unspecified atom stereocenters.